The van der Waals surface area contributed by atoms with Gasteiger partial charge in [0, 0.05) is 17.9 Å². The summed E-state index contributed by atoms with van der Waals surface area (Å²) in [6.45, 7) is 12.6. The van der Waals surface area contributed by atoms with Crippen molar-refractivity contribution in [3.63, 3.8) is 0 Å². The molecule has 1 aromatic carbocycles. The van der Waals surface area contributed by atoms with Gasteiger partial charge in [0.05, 0.1) is 5.56 Å². The summed E-state index contributed by atoms with van der Waals surface area (Å²) < 4.78 is 45.7. The maximum atomic E-state index is 13.5. The van der Waals surface area contributed by atoms with Crippen molar-refractivity contribution in [2.75, 3.05) is 0 Å². The number of alkyl halides is 3. The number of carbonyl (C=O) groups is 1. The molecule has 158 valence electrons. The third kappa shape index (κ3) is 5.05. The quantitative estimate of drug-likeness (QED) is 0.294. The number of hydrogen-bond donors (Lipinski definition) is 0. The second-order valence-corrected chi connectivity index (χ2v) is 8.91. The lowest BCUT2D eigenvalue weighted by atomic mass is 9.79. The Morgan fingerprint density at radius 3 is 2.03 bits per heavy atom. The summed E-state index contributed by atoms with van der Waals surface area (Å²) in [4.78, 5) is 27.5. The standard InChI is InChI=1S/C21H24F3NO4/c1-11(26)29-25-17(21(22,23)24)14-9-12-8-13(19(2,3)4)10-15(20(5,6)7)16(12)28-18(14)27/h8-10H,1-7H3/b25-17-. The Hall–Kier alpha value is -2.64. The molecule has 0 aliphatic rings. The van der Waals surface area contributed by atoms with E-state index in [1.54, 1.807) is 6.07 Å². The minimum absolute atomic E-state index is 0.216. The third-order valence-corrected chi connectivity index (χ3v) is 4.30. The maximum Gasteiger partial charge on any atom is 0.437 e. The number of hydrogen-bond acceptors (Lipinski definition) is 5. The van der Waals surface area contributed by atoms with Gasteiger partial charge in [0.2, 0.25) is 0 Å². The summed E-state index contributed by atoms with van der Waals surface area (Å²) >= 11 is 0. The highest BCUT2D eigenvalue weighted by Crippen LogP contribution is 2.35. The zero-order valence-corrected chi connectivity index (χ0v) is 17.4. The molecule has 0 spiro atoms. The van der Waals surface area contributed by atoms with Crippen LogP contribution in [0.1, 0.15) is 65.2 Å². The van der Waals surface area contributed by atoms with Crippen LogP contribution in [0.2, 0.25) is 0 Å². The van der Waals surface area contributed by atoms with Gasteiger partial charge in [-0.3, -0.25) is 0 Å². The maximum absolute atomic E-state index is 13.5. The van der Waals surface area contributed by atoms with E-state index < -0.39 is 34.5 Å². The SMILES string of the molecule is CC(=O)O/N=C(/c1cc2cc(C(C)(C)C)cc(C(C)(C)C)c2oc1=O)C(F)(F)F. The smallest absolute Gasteiger partial charge is 0.422 e. The number of rotatable bonds is 2. The summed E-state index contributed by atoms with van der Waals surface area (Å²) in [5.41, 5.74) is -2.57. The molecule has 0 aliphatic carbocycles. The number of fused-ring (bicyclic) bond motifs is 1. The van der Waals surface area contributed by atoms with Crippen LogP contribution < -0.4 is 5.63 Å². The molecule has 0 unspecified atom stereocenters. The molecule has 0 amide bonds. The summed E-state index contributed by atoms with van der Waals surface area (Å²) in [5.74, 6) is -1.04. The Bertz CT molecular complexity index is 1040. The lowest BCUT2D eigenvalue weighted by molar-refractivity contribution is -0.141. The molecular weight excluding hydrogens is 387 g/mol. The Balaban J connectivity index is 2.91. The molecule has 0 fully saturated rings. The second-order valence-electron chi connectivity index (χ2n) is 8.91. The molecule has 0 radical (unpaired) electrons. The zero-order chi connectivity index (χ0) is 22.4. The largest absolute Gasteiger partial charge is 0.437 e. The summed E-state index contributed by atoms with van der Waals surface area (Å²) in [7, 11) is 0. The van der Waals surface area contributed by atoms with E-state index in [1.165, 1.54) is 0 Å². The van der Waals surface area contributed by atoms with Crippen molar-refractivity contribution in [3.8, 4) is 0 Å². The summed E-state index contributed by atoms with van der Waals surface area (Å²) in [5, 5.41) is 3.19. The molecule has 0 saturated carbocycles. The summed E-state index contributed by atoms with van der Waals surface area (Å²) in [6, 6.07) is 4.68. The Morgan fingerprint density at radius 2 is 1.59 bits per heavy atom. The highest BCUT2D eigenvalue weighted by molar-refractivity contribution is 6.06. The Labute approximate surface area is 166 Å². The van der Waals surface area contributed by atoms with E-state index in [0.717, 1.165) is 18.6 Å². The first-order valence-electron chi connectivity index (χ1n) is 8.98. The summed E-state index contributed by atoms with van der Waals surface area (Å²) in [6.07, 6.45) is -5.02. The fraction of sp³-hybridized carbons (Fsp3) is 0.476. The minimum atomic E-state index is -5.02. The molecule has 5 nitrogen and oxygen atoms in total. The van der Waals surface area contributed by atoms with E-state index in [1.807, 2.05) is 47.6 Å². The van der Waals surface area contributed by atoms with Crippen molar-refractivity contribution in [2.45, 2.75) is 65.5 Å². The van der Waals surface area contributed by atoms with Crippen molar-refractivity contribution in [2.24, 2.45) is 5.16 Å². The van der Waals surface area contributed by atoms with Gasteiger partial charge in [0.15, 0.2) is 5.71 Å². The molecule has 2 aromatic rings. The van der Waals surface area contributed by atoms with Crippen molar-refractivity contribution in [1.29, 1.82) is 0 Å². The molecule has 8 heteroatoms. The topological polar surface area (TPSA) is 68.9 Å². The van der Waals surface area contributed by atoms with Gasteiger partial charge in [-0.05, 0) is 28.5 Å². The second kappa shape index (κ2) is 7.31. The number of oxime groups is 1. The lowest BCUT2D eigenvalue weighted by Gasteiger charge is -2.26. The average Bonchev–Trinajstić information content (AvgIpc) is 2.51. The highest BCUT2D eigenvalue weighted by Gasteiger charge is 2.40. The van der Waals surface area contributed by atoms with Gasteiger partial charge in [-0.25, -0.2) is 9.59 Å². The van der Waals surface area contributed by atoms with Crippen molar-refractivity contribution in [3.05, 3.63) is 45.3 Å². The zero-order valence-electron chi connectivity index (χ0n) is 17.4. The van der Waals surface area contributed by atoms with Crippen LogP contribution in [0.5, 0.6) is 0 Å². The van der Waals surface area contributed by atoms with E-state index in [2.05, 4.69) is 9.99 Å². The normalized spacial score (nSPS) is 13.7. The molecule has 0 atom stereocenters. The van der Waals surface area contributed by atoms with Gasteiger partial charge in [-0.2, -0.15) is 13.2 Å². The fourth-order valence-electron chi connectivity index (χ4n) is 2.75. The molecule has 1 heterocycles. The van der Waals surface area contributed by atoms with Crippen LogP contribution >= 0.6 is 0 Å². The van der Waals surface area contributed by atoms with Crippen molar-refractivity contribution < 1.29 is 27.2 Å². The molecule has 0 N–H and O–H groups in total. The van der Waals surface area contributed by atoms with E-state index in [9.17, 15) is 22.8 Å². The predicted octanol–water partition coefficient (Wildman–Crippen LogP) is 5.22. The van der Waals surface area contributed by atoms with Gasteiger partial charge in [0.25, 0.3) is 0 Å². The molecule has 29 heavy (non-hydrogen) atoms. The lowest BCUT2D eigenvalue weighted by Crippen LogP contribution is -2.30. The number of carbonyl (C=O) groups excluding carboxylic acids is 1. The monoisotopic (exact) mass is 411 g/mol. The van der Waals surface area contributed by atoms with Crippen LogP contribution in [0, 0.1) is 0 Å². The minimum Gasteiger partial charge on any atom is -0.422 e. The Kier molecular flexibility index (Phi) is 5.71. The number of nitrogens with zero attached hydrogens (tertiary/aromatic N) is 1. The highest BCUT2D eigenvalue weighted by atomic mass is 19.4. The Morgan fingerprint density at radius 1 is 1.00 bits per heavy atom. The first-order chi connectivity index (χ1) is 13.0. The van der Waals surface area contributed by atoms with Crippen LogP contribution in [0.15, 0.2) is 32.6 Å². The molecule has 2 rings (SSSR count). The van der Waals surface area contributed by atoms with Crippen LogP contribution in [0.3, 0.4) is 0 Å². The molecule has 0 aliphatic heterocycles. The van der Waals surface area contributed by atoms with E-state index in [4.69, 9.17) is 4.42 Å². The van der Waals surface area contributed by atoms with Crippen LogP contribution in [0.25, 0.3) is 11.0 Å². The average molecular weight is 411 g/mol. The van der Waals surface area contributed by atoms with Gasteiger partial charge in [0.1, 0.15) is 5.58 Å². The van der Waals surface area contributed by atoms with Crippen LogP contribution in [-0.2, 0) is 20.5 Å². The van der Waals surface area contributed by atoms with Crippen LogP contribution in [0.4, 0.5) is 13.2 Å². The number of benzene rings is 1. The molecule has 0 bridgehead atoms. The van der Waals surface area contributed by atoms with E-state index >= 15 is 0 Å². The van der Waals surface area contributed by atoms with E-state index in [0.29, 0.717) is 10.9 Å². The molecular formula is C21H24F3NO4. The van der Waals surface area contributed by atoms with Gasteiger partial charge >= 0.3 is 17.8 Å². The van der Waals surface area contributed by atoms with Crippen molar-refractivity contribution in [1.82, 2.24) is 0 Å². The van der Waals surface area contributed by atoms with Gasteiger partial charge in [-0.1, -0.05) is 52.8 Å². The van der Waals surface area contributed by atoms with Crippen LogP contribution in [-0.4, -0.2) is 17.9 Å². The number of halogens is 3. The van der Waals surface area contributed by atoms with E-state index in [-0.39, 0.29) is 11.0 Å². The fourth-order valence-corrected chi connectivity index (χ4v) is 2.75. The van der Waals surface area contributed by atoms with Gasteiger partial charge < -0.3 is 9.25 Å². The van der Waals surface area contributed by atoms with Gasteiger partial charge in [-0.15, -0.1) is 0 Å². The first kappa shape index (κ1) is 22.6. The third-order valence-electron chi connectivity index (χ3n) is 4.30. The van der Waals surface area contributed by atoms with Crippen molar-refractivity contribution >= 4 is 22.7 Å². The molecule has 0 saturated heterocycles. The first-order valence-corrected chi connectivity index (χ1v) is 8.98. The predicted molar refractivity (Wildman–Crippen MR) is 104 cm³/mol. The molecule has 1 aromatic heterocycles.